The molecule has 1 aromatic carbocycles. The molecule has 0 aliphatic heterocycles. The molecule has 0 aliphatic carbocycles. The molecule has 1 heterocycles. The molecule has 0 saturated carbocycles. The molecule has 0 unspecified atom stereocenters. The van der Waals surface area contributed by atoms with E-state index < -0.39 is 0 Å². The van der Waals surface area contributed by atoms with Gasteiger partial charge in [0.15, 0.2) is 5.82 Å². The van der Waals surface area contributed by atoms with Crippen molar-refractivity contribution >= 4 is 5.97 Å². The number of hydrogen-bond acceptors (Lipinski definition) is 4. The number of aromatic nitrogens is 2. The lowest BCUT2D eigenvalue weighted by molar-refractivity contribution is -0.134. The van der Waals surface area contributed by atoms with Crippen molar-refractivity contribution in [1.29, 1.82) is 0 Å². The number of carbonyl (C=O) groups excluding carboxylic acids is 1. The SMILES string of the molecule is CCCCCCCCC(=O)Oc1ccc(-c2ncc(CCCCCC)cn2)cc1. The summed E-state index contributed by atoms with van der Waals surface area (Å²) in [4.78, 5) is 21.0. The third-order valence-electron chi connectivity index (χ3n) is 5.10. The minimum absolute atomic E-state index is 0.156. The van der Waals surface area contributed by atoms with Gasteiger partial charge < -0.3 is 4.74 Å². The lowest BCUT2D eigenvalue weighted by Crippen LogP contribution is -2.07. The Kier molecular flexibility index (Phi) is 11.0. The van der Waals surface area contributed by atoms with Gasteiger partial charge in [-0.1, -0.05) is 65.2 Å². The molecule has 158 valence electrons. The van der Waals surface area contributed by atoms with E-state index in [9.17, 15) is 4.79 Å². The van der Waals surface area contributed by atoms with Crippen molar-refractivity contribution in [2.24, 2.45) is 0 Å². The Morgan fingerprint density at radius 2 is 1.38 bits per heavy atom. The van der Waals surface area contributed by atoms with Gasteiger partial charge in [-0.05, 0) is 49.1 Å². The first-order valence-electron chi connectivity index (χ1n) is 11.3. The van der Waals surface area contributed by atoms with Crippen LogP contribution in [0.15, 0.2) is 36.7 Å². The number of rotatable bonds is 14. The van der Waals surface area contributed by atoms with Crippen LogP contribution in [-0.4, -0.2) is 15.9 Å². The molecule has 0 radical (unpaired) electrons. The van der Waals surface area contributed by atoms with Crippen LogP contribution < -0.4 is 4.74 Å². The highest BCUT2D eigenvalue weighted by Gasteiger charge is 2.07. The van der Waals surface area contributed by atoms with Gasteiger partial charge in [0.2, 0.25) is 0 Å². The first-order valence-corrected chi connectivity index (χ1v) is 11.3. The van der Waals surface area contributed by atoms with Crippen LogP contribution in [0.5, 0.6) is 5.75 Å². The molecule has 4 heteroatoms. The standard InChI is InChI=1S/C25H36N2O2/c1-3-5-7-9-10-12-14-24(28)29-23-17-15-22(16-18-23)25-26-19-21(20-27-25)13-11-8-6-4-2/h15-20H,3-14H2,1-2H3. The zero-order chi connectivity index (χ0) is 20.7. The predicted molar refractivity (Wildman–Crippen MR) is 119 cm³/mol. The van der Waals surface area contributed by atoms with Gasteiger partial charge in [-0.3, -0.25) is 4.79 Å². The summed E-state index contributed by atoms with van der Waals surface area (Å²) in [5, 5.41) is 0. The van der Waals surface area contributed by atoms with Crippen molar-refractivity contribution in [3.8, 4) is 17.1 Å². The predicted octanol–water partition coefficient (Wildman–Crippen LogP) is 6.92. The van der Waals surface area contributed by atoms with Gasteiger partial charge in [-0.25, -0.2) is 9.97 Å². The van der Waals surface area contributed by atoms with Gasteiger partial charge in [0.25, 0.3) is 0 Å². The molecule has 0 bridgehead atoms. The highest BCUT2D eigenvalue weighted by atomic mass is 16.5. The Bertz CT molecular complexity index is 696. The van der Waals surface area contributed by atoms with Gasteiger partial charge in [0, 0.05) is 24.4 Å². The topological polar surface area (TPSA) is 52.1 Å². The maximum atomic E-state index is 12.0. The Labute approximate surface area is 176 Å². The van der Waals surface area contributed by atoms with E-state index in [1.165, 1.54) is 56.9 Å². The van der Waals surface area contributed by atoms with Crippen molar-refractivity contribution in [2.75, 3.05) is 0 Å². The fraction of sp³-hybridized carbons (Fsp3) is 0.560. The lowest BCUT2D eigenvalue weighted by Gasteiger charge is -2.06. The first-order chi connectivity index (χ1) is 14.2. The van der Waals surface area contributed by atoms with Crippen molar-refractivity contribution in [2.45, 2.75) is 90.9 Å². The molecule has 0 saturated heterocycles. The molecule has 0 N–H and O–H groups in total. The van der Waals surface area contributed by atoms with E-state index in [-0.39, 0.29) is 5.97 Å². The number of carbonyl (C=O) groups is 1. The molecule has 0 fully saturated rings. The third kappa shape index (κ3) is 9.21. The van der Waals surface area contributed by atoms with E-state index in [0.717, 1.165) is 24.8 Å². The summed E-state index contributed by atoms with van der Waals surface area (Å²) in [5.74, 6) is 1.13. The van der Waals surface area contributed by atoms with Crippen LogP contribution in [0.2, 0.25) is 0 Å². The molecule has 29 heavy (non-hydrogen) atoms. The van der Waals surface area contributed by atoms with Gasteiger partial charge in [-0.2, -0.15) is 0 Å². The summed E-state index contributed by atoms with van der Waals surface area (Å²) in [7, 11) is 0. The van der Waals surface area contributed by atoms with Crippen LogP contribution in [0.3, 0.4) is 0 Å². The normalized spacial score (nSPS) is 10.8. The zero-order valence-electron chi connectivity index (χ0n) is 18.2. The monoisotopic (exact) mass is 396 g/mol. The van der Waals surface area contributed by atoms with Crippen LogP contribution in [0.4, 0.5) is 0 Å². The first kappa shape index (κ1) is 23.1. The Balaban J connectivity index is 1.75. The second-order valence-electron chi connectivity index (χ2n) is 7.74. The fourth-order valence-electron chi connectivity index (χ4n) is 3.29. The van der Waals surface area contributed by atoms with Crippen molar-refractivity contribution in [3.63, 3.8) is 0 Å². The highest BCUT2D eigenvalue weighted by molar-refractivity contribution is 5.72. The largest absolute Gasteiger partial charge is 0.427 e. The number of esters is 1. The molecule has 0 amide bonds. The molecule has 4 nitrogen and oxygen atoms in total. The molecule has 0 aliphatic rings. The number of aryl methyl sites for hydroxylation is 1. The summed E-state index contributed by atoms with van der Waals surface area (Å²) in [5.41, 5.74) is 2.11. The van der Waals surface area contributed by atoms with Gasteiger partial charge >= 0.3 is 5.97 Å². The summed E-state index contributed by atoms with van der Waals surface area (Å²) in [6.07, 6.45) is 17.3. The second-order valence-corrected chi connectivity index (χ2v) is 7.74. The lowest BCUT2D eigenvalue weighted by atomic mass is 10.1. The average molecular weight is 397 g/mol. The summed E-state index contributed by atoms with van der Waals surface area (Å²) in [6, 6.07) is 7.44. The molecule has 1 aromatic heterocycles. The minimum Gasteiger partial charge on any atom is -0.427 e. The Morgan fingerprint density at radius 1 is 0.793 bits per heavy atom. The van der Waals surface area contributed by atoms with E-state index in [1.54, 1.807) is 0 Å². The fourth-order valence-corrected chi connectivity index (χ4v) is 3.29. The minimum atomic E-state index is -0.156. The highest BCUT2D eigenvalue weighted by Crippen LogP contribution is 2.20. The van der Waals surface area contributed by atoms with Gasteiger partial charge in [-0.15, -0.1) is 0 Å². The molecular weight excluding hydrogens is 360 g/mol. The number of hydrogen-bond donors (Lipinski definition) is 0. The van der Waals surface area contributed by atoms with Crippen LogP contribution in [0.1, 0.15) is 90.0 Å². The molecule has 0 atom stereocenters. The van der Waals surface area contributed by atoms with Gasteiger partial charge in [0.1, 0.15) is 5.75 Å². The number of nitrogens with zero attached hydrogens (tertiary/aromatic N) is 2. The van der Waals surface area contributed by atoms with Crippen LogP contribution in [0, 0.1) is 0 Å². The molecule has 2 aromatic rings. The Morgan fingerprint density at radius 3 is 2.03 bits per heavy atom. The van der Waals surface area contributed by atoms with Crippen LogP contribution >= 0.6 is 0 Å². The van der Waals surface area contributed by atoms with E-state index in [0.29, 0.717) is 18.0 Å². The number of ether oxygens (including phenoxy) is 1. The summed E-state index contributed by atoms with van der Waals surface area (Å²) in [6.45, 7) is 4.43. The zero-order valence-corrected chi connectivity index (χ0v) is 18.2. The third-order valence-corrected chi connectivity index (χ3v) is 5.10. The number of unbranched alkanes of at least 4 members (excludes halogenated alkanes) is 8. The van der Waals surface area contributed by atoms with E-state index in [4.69, 9.17) is 4.74 Å². The molecule has 0 spiro atoms. The maximum absolute atomic E-state index is 12.0. The number of benzene rings is 1. The van der Waals surface area contributed by atoms with Gasteiger partial charge in [0.05, 0.1) is 0 Å². The van der Waals surface area contributed by atoms with E-state index in [1.807, 2.05) is 36.7 Å². The van der Waals surface area contributed by atoms with Crippen molar-refractivity contribution < 1.29 is 9.53 Å². The van der Waals surface area contributed by atoms with Crippen LogP contribution in [-0.2, 0) is 11.2 Å². The quantitative estimate of drug-likeness (QED) is 0.197. The maximum Gasteiger partial charge on any atom is 0.311 e. The van der Waals surface area contributed by atoms with Crippen molar-refractivity contribution in [3.05, 3.63) is 42.2 Å². The summed E-state index contributed by atoms with van der Waals surface area (Å²) >= 11 is 0. The second kappa shape index (κ2) is 13.9. The van der Waals surface area contributed by atoms with E-state index in [2.05, 4.69) is 23.8 Å². The average Bonchev–Trinajstić information content (AvgIpc) is 2.75. The molecular formula is C25H36N2O2. The van der Waals surface area contributed by atoms with E-state index >= 15 is 0 Å². The molecule has 2 rings (SSSR count). The smallest absolute Gasteiger partial charge is 0.311 e. The summed E-state index contributed by atoms with van der Waals surface area (Å²) < 4.78 is 5.44. The van der Waals surface area contributed by atoms with Crippen LogP contribution in [0.25, 0.3) is 11.4 Å². The Hall–Kier alpha value is -2.23. The van der Waals surface area contributed by atoms with Crippen molar-refractivity contribution in [1.82, 2.24) is 9.97 Å².